The number of hydrogen-bond acceptors (Lipinski definition) is 3. The molecule has 15 heavy (non-hydrogen) atoms. The van der Waals surface area contributed by atoms with Crippen molar-refractivity contribution in [3.05, 3.63) is 12.2 Å². The number of carboxylic acids is 1. The molecule has 0 heterocycles. The Kier molecular flexibility index (Phi) is 4.78. The molecule has 1 saturated carbocycles. The first-order valence-corrected chi connectivity index (χ1v) is 5.39. The molecule has 0 atom stereocenters. The summed E-state index contributed by atoms with van der Waals surface area (Å²) < 4.78 is 0. The highest BCUT2D eigenvalue weighted by Crippen LogP contribution is 2.23. The zero-order chi connectivity index (χ0) is 11.3. The molecule has 4 heteroatoms. The average molecular weight is 213 g/mol. The third-order valence-electron chi connectivity index (χ3n) is 2.89. The Morgan fingerprint density at radius 2 is 1.93 bits per heavy atom. The number of aliphatic hydroxyl groups is 1. The lowest BCUT2D eigenvalue weighted by atomic mass is 9.87. The summed E-state index contributed by atoms with van der Waals surface area (Å²) in [7, 11) is 0. The van der Waals surface area contributed by atoms with Gasteiger partial charge in [0.25, 0.3) is 0 Å². The zero-order valence-electron chi connectivity index (χ0n) is 8.91. The van der Waals surface area contributed by atoms with E-state index in [1.54, 1.807) is 0 Å². The Hall–Kier alpha value is -0.870. The van der Waals surface area contributed by atoms with Crippen LogP contribution in [-0.2, 0) is 4.79 Å². The van der Waals surface area contributed by atoms with Gasteiger partial charge in [-0.2, -0.15) is 0 Å². The maximum Gasteiger partial charge on any atom is 0.332 e. The van der Waals surface area contributed by atoms with Gasteiger partial charge < -0.3 is 15.5 Å². The van der Waals surface area contributed by atoms with Crippen molar-refractivity contribution in [2.24, 2.45) is 5.92 Å². The smallest absolute Gasteiger partial charge is 0.332 e. The molecular formula is C11H19NO3. The molecule has 0 radical (unpaired) electrons. The monoisotopic (exact) mass is 213 g/mol. The van der Waals surface area contributed by atoms with Crippen LogP contribution in [-0.4, -0.2) is 35.4 Å². The van der Waals surface area contributed by atoms with Crippen molar-refractivity contribution in [3.8, 4) is 0 Å². The van der Waals surface area contributed by atoms with Crippen LogP contribution in [0.1, 0.15) is 25.7 Å². The van der Waals surface area contributed by atoms with Crippen LogP contribution in [0.15, 0.2) is 12.2 Å². The van der Waals surface area contributed by atoms with E-state index in [0.29, 0.717) is 12.5 Å². The predicted molar refractivity (Wildman–Crippen MR) is 57.6 cm³/mol. The zero-order valence-corrected chi connectivity index (χ0v) is 8.91. The van der Waals surface area contributed by atoms with Crippen LogP contribution in [0.4, 0.5) is 0 Å². The van der Waals surface area contributed by atoms with Gasteiger partial charge in [-0.1, -0.05) is 6.58 Å². The van der Waals surface area contributed by atoms with Gasteiger partial charge in [-0.3, -0.25) is 0 Å². The number of carbonyl (C=O) groups is 1. The van der Waals surface area contributed by atoms with Gasteiger partial charge in [-0.05, 0) is 38.1 Å². The van der Waals surface area contributed by atoms with E-state index in [-0.39, 0.29) is 11.7 Å². The van der Waals surface area contributed by atoms with E-state index in [1.807, 2.05) is 0 Å². The molecule has 4 nitrogen and oxygen atoms in total. The van der Waals surface area contributed by atoms with Crippen LogP contribution >= 0.6 is 0 Å². The summed E-state index contributed by atoms with van der Waals surface area (Å²) >= 11 is 0. The molecule has 0 aromatic heterocycles. The van der Waals surface area contributed by atoms with Gasteiger partial charge in [0.05, 0.1) is 6.10 Å². The first kappa shape index (κ1) is 12.2. The second-order valence-corrected chi connectivity index (χ2v) is 4.21. The van der Waals surface area contributed by atoms with E-state index in [1.165, 1.54) is 0 Å². The second-order valence-electron chi connectivity index (χ2n) is 4.21. The molecule has 1 fully saturated rings. The third-order valence-corrected chi connectivity index (χ3v) is 2.89. The molecule has 0 spiro atoms. The largest absolute Gasteiger partial charge is 0.478 e. The number of hydrogen-bond donors (Lipinski definition) is 3. The summed E-state index contributed by atoms with van der Waals surface area (Å²) in [4.78, 5) is 10.5. The summed E-state index contributed by atoms with van der Waals surface area (Å²) in [5.74, 6) is -0.378. The number of rotatable bonds is 5. The Bertz CT molecular complexity index is 232. The van der Waals surface area contributed by atoms with Crippen LogP contribution in [0.25, 0.3) is 0 Å². The Morgan fingerprint density at radius 1 is 1.33 bits per heavy atom. The lowest BCUT2D eigenvalue weighted by molar-refractivity contribution is -0.132. The van der Waals surface area contributed by atoms with Crippen LogP contribution in [0.2, 0.25) is 0 Å². The fourth-order valence-corrected chi connectivity index (χ4v) is 1.85. The summed E-state index contributed by atoms with van der Waals surface area (Å²) in [6.07, 6.45) is 3.65. The van der Waals surface area contributed by atoms with E-state index in [9.17, 15) is 9.90 Å². The standard InChI is InChI=1S/C11H19NO3/c1-8(11(14)15)6-12-7-9-2-4-10(13)5-3-9/h9-10,12-13H,1-7H2,(H,14,15). The van der Waals surface area contributed by atoms with E-state index < -0.39 is 5.97 Å². The summed E-state index contributed by atoms with van der Waals surface area (Å²) in [5, 5.41) is 21.0. The van der Waals surface area contributed by atoms with Crippen molar-refractivity contribution in [1.82, 2.24) is 5.32 Å². The van der Waals surface area contributed by atoms with Crippen molar-refractivity contribution < 1.29 is 15.0 Å². The van der Waals surface area contributed by atoms with E-state index >= 15 is 0 Å². The first-order valence-electron chi connectivity index (χ1n) is 5.39. The molecule has 0 aromatic carbocycles. The van der Waals surface area contributed by atoms with Crippen LogP contribution in [0, 0.1) is 5.92 Å². The Morgan fingerprint density at radius 3 is 2.47 bits per heavy atom. The molecule has 1 rings (SSSR count). The molecule has 0 unspecified atom stereocenters. The summed E-state index contributed by atoms with van der Waals surface area (Å²) in [5.41, 5.74) is 0.200. The van der Waals surface area contributed by atoms with Gasteiger partial charge in [-0.25, -0.2) is 4.79 Å². The van der Waals surface area contributed by atoms with Crippen molar-refractivity contribution in [2.75, 3.05) is 13.1 Å². The highest BCUT2D eigenvalue weighted by molar-refractivity contribution is 5.86. The van der Waals surface area contributed by atoms with Crippen molar-refractivity contribution in [2.45, 2.75) is 31.8 Å². The van der Waals surface area contributed by atoms with E-state index in [0.717, 1.165) is 32.2 Å². The molecule has 3 N–H and O–H groups in total. The lowest BCUT2D eigenvalue weighted by Gasteiger charge is -2.25. The summed E-state index contributed by atoms with van der Waals surface area (Å²) in [6.45, 7) is 4.61. The van der Waals surface area contributed by atoms with Crippen molar-refractivity contribution in [1.29, 1.82) is 0 Å². The highest BCUT2D eigenvalue weighted by Gasteiger charge is 2.18. The van der Waals surface area contributed by atoms with Gasteiger partial charge in [0.1, 0.15) is 0 Å². The maximum absolute atomic E-state index is 10.5. The number of nitrogens with one attached hydrogen (secondary N) is 1. The molecule has 0 aromatic rings. The molecular weight excluding hydrogens is 194 g/mol. The Labute approximate surface area is 90.0 Å². The van der Waals surface area contributed by atoms with Crippen molar-refractivity contribution >= 4 is 5.97 Å². The molecule has 0 amide bonds. The molecule has 86 valence electrons. The number of aliphatic hydroxyl groups excluding tert-OH is 1. The van der Waals surface area contributed by atoms with Gasteiger partial charge in [0.15, 0.2) is 0 Å². The maximum atomic E-state index is 10.5. The molecule has 1 aliphatic carbocycles. The lowest BCUT2D eigenvalue weighted by Crippen LogP contribution is -2.30. The van der Waals surface area contributed by atoms with Crippen molar-refractivity contribution in [3.63, 3.8) is 0 Å². The van der Waals surface area contributed by atoms with Crippen LogP contribution in [0.3, 0.4) is 0 Å². The number of carboxylic acid groups (broad SMARTS) is 1. The molecule has 0 aliphatic heterocycles. The molecule has 0 bridgehead atoms. The SMILES string of the molecule is C=C(CNCC1CCC(O)CC1)C(=O)O. The predicted octanol–water partition coefficient (Wildman–Crippen LogP) is 0.768. The van der Waals surface area contributed by atoms with Gasteiger partial charge in [0, 0.05) is 12.1 Å². The normalized spacial score (nSPS) is 26.2. The van der Waals surface area contributed by atoms with Gasteiger partial charge in [0.2, 0.25) is 0 Å². The molecule has 0 saturated heterocycles. The van der Waals surface area contributed by atoms with Crippen LogP contribution in [0.5, 0.6) is 0 Å². The highest BCUT2D eigenvalue weighted by atomic mass is 16.4. The van der Waals surface area contributed by atoms with E-state index in [4.69, 9.17) is 5.11 Å². The summed E-state index contributed by atoms with van der Waals surface area (Å²) in [6, 6.07) is 0. The van der Waals surface area contributed by atoms with Gasteiger partial charge >= 0.3 is 5.97 Å². The second kappa shape index (κ2) is 5.88. The minimum absolute atomic E-state index is 0.129. The van der Waals surface area contributed by atoms with Crippen LogP contribution < -0.4 is 5.32 Å². The third kappa shape index (κ3) is 4.44. The minimum Gasteiger partial charge on any atom is -0.478 e. The molecule has 1 aliphatic rings. The van der Waals surface area contributed by atoms with Gasteiger partial charge in [-0.15, -0.1) is 0 Å². The van der Waals surface area contributed by atoms with E-state index in [2.05, 4.69) is 11.9 Å². The average Bonchev–Trinajstić information content (AvgIpc) is 2.20. The Balaban J connectivity index is 2.10. The minimum atomic E-state index is -0.943. The quantitative estimate of drug-likeness (QED) is 0.590. The topological polar surface area (TPSA) is 69.6 Å². The fourth-order valence-electron chi connectivity index (χ4n) is 1.85. The number of aliphatic carboxylic acids is 1. The fraction of sp³-hybridized carbons (Fsp3) is 0.727. The first-order chi connectivity index (χ1) is 7.09.